The van der Waals surface area contributed by atoms with Crippen LogP contribution in [0.2, 0.25) is 0 Å². The van der Waals surface area contributed by atoms with Gasteiger partial charge < -0.3 is 4.90 Å². The third kappa shape index (κ3) is 3.64. The molecule has 2 nitrogen and oxygen atoms in total. The predicted octanol–water partition coefficient (Wildman–Crippen LogP) is 4.63. The summed E-state index contributed by atoms with van der Waals surface area (Å²) in [5.74, 6) is 0.812. The monoisotopic (exact) mass is 316 g/mol. The van der Waals surface area contributed by atoms with Gasteiger partial charge in [0.2, 0.25) is 0 Å². The number of piperazine rings is 1. The molecule has 3 heteroatoms. The lowest BCUT2D eigenvalue weighted by molar-refractivity contribution is 0.244. The number of hydrogen-bond donors (Lipinski definition) is 0. The van der Waals surface area contributed by atoms with Crippen LogP contribution in [-0.2, 0) is 6.42 Å². The highest BCUT2D eigenvalue weighted by Crippen LogP contribution is 2.30. The first-order chi connectivity index (χ1) is 10.7. The van der Waals surface area contributed by atoms with E-state index in [-0.39, 0.29) is 0 Å². The zero-order valence-electron chi connectivity index (χ0n) is 14.1. The molecule has 0 unspecified atom stereocenters. The molecule has 120 valence electrons. The van der Waals surface area contributed by atoms with Crippen LogP contribution in [0.3, 0.4) is 0 Å². The standard InChI is InChI=1S/C19H28N2S/c1-4-18-13-16-5-6-17(14-19(16)22-18)21-11-9-20(10-12-21)8-7-15(2)3/h5-6,13-15H,4,7-12H2,1-3H3. The topological polar surface area (TPSA) is 6.48 Å². The lowest BCUT2D eigenvalue weighted by atomic mass is 10.1. The lowest BCUT2D eigenvalue weighted by Gasteiger charge is -2.36. The third-order valence-electron chi connectivity index (χ3n) is 4.66. The van der Waals surface area contributed by atoms with Crippen molar-refractivity contribution in [3.05, 3.63) is 29.1 Å². The van der Waals surface area contributed by atoms with Crippen molar-refractivity contribution in [1.29, 1.82) is 0 Å². The van der Waals surface area contributed by atoms with Gasteiger partial charge in [-0.25, -0.2) is 0 Å². The van der Waals surface area contributed by atoms with Gasteiger partial charge in [-0.05, 0) is 48.9 Å². The Morgan fingerprint density at radius 2 is 1.86 bits per heavy atom. The summed E-state index contributed by atoms with van der Waals surface area (Å²) in [6.45, 7) is 12.9. The van der Waals surface area contributed by atoms with Gasteiger partial charge in [0.05, 0.1) is 0 Å². The zero-order valence-corrected chi connectivity index (χ0v) is 15.0. The van der Waals surface area contributed by atoms with Gasteiger partial charge in [0.1, 0.15) is 0 Å². The smallest absolute Gasteiger partial charge is 0.0381 e. The molecule has 0 saturated carbocycles. The summed E-state index contributed by atoms with van der Waals surface area (Å²) in [4.78, 5) is 6.66. The van der Waals surface area contributed by atoms with Crippen LogP contribution in [0.15, 0.2) is 24.3 Å². The minimum absolute atomic E-state index is 0.812. The van der Waals surface area contributed by atoms with Gasteiger partial charge in [0.15, 0.2) is 0 Å². The molecule has 0 aliphatic carbocycles. The maximum absolute atomic E-state index is 2.62. The third-order valence-corrected chi connectivity index (χ3v) is 5.91. The quantitative estimate of drug-likeness (QED) is 0.793. The second kappa shape index (κ2) is 7.01. The molecule has 1 aromatic heterocycles. The average molecular weight is 317 g/mol. The summed E-state index contributed by atoms with van der Waals surface area (Å²) in [5, 5.41) is 1.40. The minimum atomic E-state index is 0.812. The van der Waals surface area contributed by atoms with Gasteiger partial charge >= 0.3 is 0 Å². The van der Waals surface area contributed by atoms with E-state index in [1.54, 1.807) is 0 Å². The summed E-state index contributed by atoms with van der Waals surface area (Å²) in [5.41, 5.74) is 1.40. The first kappa shape index (κ1) is 15.8. The van der Waals surface area contributed by atoms with Gasteiger partial charge in [0.25, 0.3) is 0 Å². The molecule has 1 aliphatic heterocycles. The number of aryl methyl sites for hydroxylation is 1. The fourth-order valence-electron chi connectivity index (χ4n) is 3.12. The molecule has 0 N–H and O–H groups in total. The molecule has 2 heterocycles. The molecule has 0 bridgehead atoms. The van der Waals surface area contributed by atoms with E-state index < -0.39 is 0 Å². The molecule has 0 amide bonds. The van der Waals surface area contributed by atoms with Crippen LogP contribution >= 0.6 is 11.3 Å². The summed E-state index contributed by atoms with van der Waals surface area (Å²) in [6.07, 6.45) is 2.46. The fraction of sp³-hybridized carbons (Fsp3) is 0.579. The molecular weight excluding hydrogens is 288 g/mol. The first-order valence-electron chi connectivity index (χ1n) is 8.65. The van der Waals surface area contributed by atoms with E-state index >= 15 is 0 Å². The van der Waals surface area contributed by atoms with Gasteiger partial charge in [-0.3, -0.25) is 4.90 Å². The molecular formula is C19H28N2S. The van der Waals surface area contributed by atoms with E-state index in [1.165, 1.54) is 46.7 Å². The second-order valence-corrected chi connectivity index (χ2v) is 7.97. The number of nitrogens with zero attached hydrogens (tertiary/aromatic N) is 2. The van der Waals surface area contributed by atoms with Crippen LogP contribution < -0.4 is 4.90 Å². The van der Waals surface area contributed by atoms with Gasteiger partial charge in [-0.15, -0.1) is 11.3 Å². The van der Waals surface area contributed by atoms with Crippen molar-refractivity contribution in [2.45, 2.75) is 33.6 Å². The van der Waals surface area contributed by atoms with Crippen molar-refractivity contribution >= 4 is 27.1 Å². The maximum Gasteiger partial charge on any atom is 0.0381 e. The van der Waals surface area contributed by atoms with E-state index in [0.29, 0.717) is 0 Å². The van der Waals surface area contributed by atoms with E-state index in [9.17, 15) is 0 Å². The Morgan fingerprint density at radius 1 is 1.09 bits per heavy atom. The Bertz CT molecular complexity index is 609. The minimum Gasteiger partial charge on any atom is -0.369 e. The number of benzene rings is 1. The fourth-order valence-corrected chi connectivity index (χ4v) is 4.15. The molecule has 2 aromatic rings. The number of thiophene rings is 1. The molecule has 3 rings (SSSR count). The largest absolute Gasteiger partial charge is 0.369 e. The molecule has 1 aromatic carbocycles. The second-order valence-electron chi connectivity index (χ2n) is 6.80. The normalized spacial score (nSPS) is 16.8. The summed E-state index contributed by atoms with van der Waals surface area (Å²) in [7, 11) is 0. The Morgan fingerprint density at radius 3 is 2.55 bits per heavy atom. The summed E-state index contributed by atoms with van der Waals surface area (Å²) >= 11 is 1.95. The molecule has 1 aliphatic rings. The van der Waals surface area contributed by atoms with Crippen LogP contribution in [0.25, 0.3) is 10.1 Å². The van der Waals surface area contributed by atoms with E-state index in [4.69, 9.17) is 0 Å². The molecule has 0 spiro atoms. The number of anilines is 1. The predicted molar refractivity (Wildman–Crippen MR) is 99.3 cm³/mol. The van der Waals surface area contributed by atoms with Crippen LogP contribution in [0.1, 0.15) is 32.1 Å². The lowest BCUT2D eigenvalue weighted by Crippen LogP contribution is -2.46. The van der Waals surface area contributed by atoms with Crippen LogP contribution in [0, 0.1) is 5.92 Å². The highest BCUT2D eigenvalue weighted by Gasteiger charge is 2.17. The Kier molecular flexibility index (Phi) is 5.04. The van der Waals surface area contributed by atoms with Gasteiger partial charge in [-0.1, -0.05) is 26.8 Å². The number of fused-ring (bicyclic) bond motifs is 1. The van der Waals surface area contributed by atoms with Crippen molar-refractivity contribution in [1.82, 2.24) is 4.90 Å². The molecule has 0 radical (unpaired) electrons. The van der Waals surface area contributed by atoms with Gasteiger partial charge in [0, 0.05) is 41.4 Å². The summed E-state index contributed by atoms with van der Waals surface area (Å²) < 4.78 is 1.44. The summed E-state index contributed by atoms with van der Waals surface area (Å²) in [6, 6.07) is 9.33. The highest BCUT2D eigenvalue weighted by atomic mass is 32.1. The van der Waals surface area contributed by atoms with Crippen molar-refractivity contribution in [3.63, 3.8) is 0 Å². The average Bonchev–Trinajstić information content (AvgIpc) is 2.95. The molecule has 1 saturated heterocycles. The van der Waals surface area contributed by atoms with Crippen LogP contribution in [-0.4, -0.2) is 37.6 Å². The Hall–Kier alpha value is -1.06. The van der Waals surface area contributed by atoms with Crippen molar-refractivity contribution in [2.24, 2.45) is 5.92 Å². The van der Waals surface area contributed by atoms with Crippen LogP contribution in [0.5, 0.6) is 0 Å². The van der Waals surface area contributed by atoms with Crippen molar-refractivity contribution in [3.8, 4) is 0 Å². The maximum atomic E-state index is 2.62. The van der Waals surface area contributed by atoms with Gasteiger partial charge in [-0.2, -0.15) is 0 Å². The van der Waals surface area contributed by atoms with E-state index in [2.05, 4.69) is 54.8 Å². The Labute approximate surface area is 138 Å². The molecule has 1 fully saturated rings. The van der Waals surface area contributed by atoms with Crippen LogP contribution in [0.4, 0.5) is 5.69 Å². The Balaban J connectivity index is 1.63. The molecule has 0 atom stereocenters. The van der Waals surface area contributed by atoms with Crippen molar-refractivity contribution in [2.75, 3.05) is 37.6 Å². The number of rotatable bonds is 5. The first-order valence-corrected chi connectivity index (χ1v) is 9.47. The molecule has 22 heavy (non-hydrogen) atoms. The van der Waals surface area contributed by atoms with Crippen molar-refractivity contribution < 1.29 is 0 Å². The van der Waals surface area contributed by atoms with E-state index in [0.717, 1.165) is 25.4 Å². The highest BCUT2D eigenvalue weighted by molar-refractivity contribution is 7.19. The van der Waals surface area contributed by atoms with E-state index in [1.807, 2.05) is 11.3 Å². The SMILES string of the molecule is CCc1cc2ccc(N3CCN(CCC(C)C)CC3)cc2s1. The number of hydrogen-bond acceptors (Lipinski definition) is 3. The zero-order chi connectivity index (χ0) is 15.5.